The van der Waals surface area contributed by atoms with Crippen LogP contribution in [0, 0.1) is 12.3 Å². The molecular weight excluding hydrogens is 202 g/mol. The molecule has 0 aliphatic heterocycles. The summed E-state index contributed by atoms with van der Waals surface area (Å²) in [7, 11) is 0. The fourth-order valence-electron chi connectivity index (χ4n) is 1.28. The summed E-state index contributed by atoms with van der Waals surface area (Å²) < 4.78 is 4.83. The van der Waals surface area contributed by atoms with Crippen molar-refractivity contribution < 1.29 is 9.21 Å². The second-order valence-corrected chi connectivity index (χ2v) is 3.19. The lowest BCUT2D eigenvalue weighted by Crippen LogP contribution is -2.10. The molecule has 0 saturated carbocycles. The van der Waals surface area contributed by atoms with Gasteiger partial charge < -0.3 is 9.73 Å². The molecule has 3 nitrogen and oxygen atoms in total. The van der Waals surface area contributed by atoms with Crippen LogP contribution in [0.5, 0.6) is 0 Å². The Balaban J connectivity index is 2.16. The normalized spacial score (nSPS) is 9.44. The molecule has 0 spiro atoms. The number of benzene rings is 1. The number of carbonyl (C=O) groups excluding carboxylic acids is 1. The third-order valence-electron chi connectivity index (χ3n) is 2.07. The highest BCUT2D eigenvalue weighted by Gasteiger charge is 2.06. The van der Waals surface area contributed by atoms with E-state index in [1.54, 1.807) is 30.3 Å². The second-order valence-electron chi connectivity index (χ2n) is 3.19. The van der Waals surface area contributed by atoms with Crippen molar-refractivity contribution in [1.82, 2.24) is 0 Å². The highest BCUT2D eigenvalue weighted by Crippen LogP contribution is 2.11. The van der Waals surface area contributed by atoms with E-state index in [1.807, 2.05) is 0 Å². The molecular formula is C13H9NO2. The van der Waals surface area contributed by atoms with Gasteiger partial charge in [-0.3, -0.25) is 4.79 Å². The molecule has 0 aliphatic carbocycles. The molecule has 0 atom stereocenters. The molecule has 16 heavy (non-hydrogen) atoms. The molecule has 2 aromatic rings. The van der Waals surface area contributed by atoms with Crippen molar-refractivity contribution in [3.05, 3.63) is 54.0 Å². The van der Waals surface area contributed by atoms with Crippen molar-refractivity contribution in [2.45, 2.75) is 0 Å². The number of hydrogen-bond acceptors (Lipinski definition) is 2. The summed E-state index contributed by atoms with van der Waals surface area (Å²) in [6.45, 7) is 0. The molecule has 1 amide bonds. The highest BCUT2D eigenvalue weighted by atomic mass is 16.3. The largest absolute Gasteiger partial charge is 0.472 e. The first-order chi connectivity index (χ1) is 7.79. The molecule has 0 bridgehead atoms. The molecule has 0 radical (unpaired) electrons. The number of rotatable bonds is 2. The van der Waals surface area contributed by atoms with Gasteiger partial charge in [0.2, 0.25) is 0 Å². The SMILES string of the molecule is C#Cc1cccc(NC(=O)c2ccoc2)c1. The van der Waals surface area contributed by atoms with Crippen molar-refractivity contribution in [1.29, 1.82) is 0 Å². The minimum absolute atomic E-state index is 0.220. The van der Waals surface area contributed by atoms with Gasteiger partial charge in [-0.15, -0.1) is 6.42 Å². The van der Waals surface area contributed by atoms with Gasteiger partial charge in [0.25, 0.3) is 5.91 Å². The quantitative estimate of drug-likeness (QED) is 0.775. The number of terminal acetylenes is 1. The van der Waals surface area contributed by atoms with Crippen molar-refractivity contribution in [2.24, 2.45) is 0 Å². The fourth-order valence-corrected chi connectivity index (χ4v) is 1.28. The Morgan fingerprint density at radius 1 is 1.38 bits per heavy atom. The summed E-state index contributed by atoms with van der Waals surface area (Å²) in [5.74, 6) is 2.29. The number of carbonyl (C=O) groups is 1. The monoisotopic (exact) mass is 211 g/mol. The van der Waals surface area contributed by atoms with E-state index in [-0.39, 0.29) is 5.91 Å². The zero-order valence-corrected chi connectivity index (χ0v) is 8.44. The van der Waals surface area contributed by atoms with Gasteiger partial charge in [-0.25, -0.2) is 0 Å². The van der Waals surface area contributed by atoms with Gasteiger partial charge in [-0.05, 0) is 24.3 Å². The van der Waals surface area contributed by atoms with E-state index in [0.717, 1.165) is 5.56 Å². The van der Waals surface area contributed by atoms with E-state index < -0.39 is 0 Å². The molecule has 1 N–H and O–H groups in total. The van der Waals surface area contributed by atoms with Crippen LogP contribution in [0.15, 0.2) is 47.3 Å². The number of amides is 1. The van der Waals surface area contributed by atoms with Gasteiger partial charge >= 0.3 is 0 Å². The van der Waals surface area contributed by atoms with Gasteiger partial charge in [0, 0.05) is 11.3 Å². The third kappa shape index (κ3) is 2.12. The van der Waals surface area contributed by atoms with E-state index in [0.29, 0.717) is 11.3 Å². The number of nitrogens with one attached hydrogen (secondary N) is 1. The smallest absolute Gasteiger partial charge is 0.258 e. The van der Waals surface area contributed by atoms with E-state index in [4.69, 9.17) is 10.8 Å². The zero-order valence-electron chi connectivity index (χ0n) is 8.44. The maximum absolute atomic E-state index is 11.7. The van der Waals surface area contributed by atoms with Crippen LogP contribution in [0.2, 0.25) is 0 Å². The van der Waals surface area contributed by atoms with E-state index in [1.165, 1.54) is 12.5 Å². The zero-order chi connectivity index (χ0) is 11.4. The van der Waals surface area contributed by atoms with E-state index in [2.05, 4.69) is 11.2 Å². The summed E-state index contributed by atoms with van der Waals surface area (Å²) >= 11 is 0. The Hall–Kier alpha value is -2.47. The Kier molecular flexibility index (Phi) is 2.75. The van der Waals surface area contributed by atoms with Gasteiger partial charge in [0.1, 0.15) is 6.26 Å². The van der Waals surface area contributed by atoms with Crippen LogP contribution in [0.3, 0.4) is 0 Å². The van der Waals surface area contributed by atoms with Crippen LogP contribution in [0.4, 0.5) is 5.69 Å². The predicted molar refractivity (Wildman–Crippen MR) is 61.0 cm³/mol. The highest BCUT2D eigenvalue weighted by molar-refractivity contribution is 6.04. The molecule has 0 unspecified atom stereocenters. The van der Waals surface area contributed by atoms with Crippen LogP contribution >= 0.6 is 0 Å². The molecule has 0 saturated heterocycles. The Labute approximate surface area is 93.1 Å². The molecule has 78 valence electrons. The number of hydrogen-bond donors (Lipinski definition) is 1. The molecule has 3 heteroatoms. The Morgan fingerprint density at radius 3 is 2.94 bits per heavy atom. The van der Waals surface area contributed by atoms with Crippen LogP contribution in [-0.4, -0.2) is 5.91 Å². The first-order valence-electron chi connectivity index (χ1n) is 4.70. The van der Waals surface area contributed by atoms with Crippen LogP contribution in [-0.2, 0) is 0 Å². The maximum atomic E-state index is 11.7. The summed E-state index contributed by atoms with van der Waals surface area (Å²) in [4.78, 5) is 11.7. The van der Waals surface area contributed by atoms with Crippen molar-refractivity contribution in [3.8, 4) is 12.3 Å². The first-order valence-corrected chi connectivity index (χ1v) is 4.70. The minimum Gasteiger partial charge on any atom is -0.472 e. The minimum atomic E-state index is -0.220. The average Bonchev–Trinajstić information content (AvgIpc) is 2.83. The van der Waals surface area contributed by atoms with Crippen LogP contribution in [0.1, 0.15) is 15.9 Å². The van der Waals surface area contributed by atoms with Gasteiger partial charge in [-0.1, -0.05) is 12.0 Å². The second kappa shape index (κ2) is 4.37. The average molecular weight is 211 g/mol. The lowest BCUT2D eigenvalue weighted by Gasteiger charge is -2.03. The van der Waals surface area contributed by atoms with Gasteiger partial charge in [-0.2, -0.15) is 0 Å². The van der Waals surface area contributed by atoms with Crippen LogP contribution < -0.4 is 5.32 Å². The van der Waals surface area contributed by atoms with E-state index in [9.17, 15) is 4.79 Å². The summed E-state index contributed by atoms with van der Waals surface area (Å²) in [6, 6.07) is 8.70. The molecule has 0 aliphatic rings. The molecule has 1 heterocycles. The standard InChI is InChI=1S/C13H9NO2/c1-2-10-4-3-5-12(8-10)14-13(15)11-6-7-16-9-11/h1,3-9H,(H,14,15). The maximum Gasteiger partial charge on any atom is 0.258 e. The fraction of sp³-hybridized carbons (Fsp3) is 0. The van der Waals surface area contributed by atoms with Crippen molar-refractivity contribution in [2.75, 3.05) is 5.32 Å². The Bertz CT molecular complexity index is 535. The summed E-state index contributed by atoms with van der Waals surface area (Å²) in [5.41, 5.74) is 1.87. The number of furan rings is 1. The van der Waals surface area contributed by atoms with Crippen LogP contribution in [0.25, 0.3) is 0 Å². The third-order valence-corrected chi connectivity index (χ3v) is 2.07. The van der Waals surface area contributed by atoms with E-state index >= 15 is 0 Å². The lowest BCUT2D eigenvalue weighted by molar-refractivity contribution is 0.102. The van der Waals surface area contributed by atoms with Crippen molar-refractivity contribution in [3.63, 3.8) is 0 Å². The molecule has 1 aromatic carbocycles. The number of anilines is 1. The lowest BCUT2D eigenvalue weighted by atomic mass is 10.2. The van der Waals surface area contributed by atoms with Crippen molar-refractivity contribution >= 4 is 11.6 Å². The van der Waals surface area contributed by atoms with Gasteiger partial charge in [0.05, 0.1) is 11.8 Å². The molecule has 1 aromatic heterocycles. The molecule has 2 rings (SSSR count). The first kappa shape index (κ1) is 10.1. The summed E-state index contributed by atoms with van der Waals surface area (Å²) in [5, 5.41) is 2.72. The Morgan fingerprint density at radius 2 is 2.25 bits per heavy atom. The predicted octanol–water partition coefficient (Wildman–Crippen LogP) is 2.51. The topological polar surface area (TPSA) is 42.2 Å². The summed E-state index contributed by atoms with van der Waals surface area (Å²) in [6.07, 6.45) is 8.11. The molecule has 0 fully saturated rings. The van der Waals surface area contributed by atoms with Gasteiger partial charge in [0.15, 0.2) is 0 Å².